The van der Waals surface area contributed by atoms with E-state index in [9.17, 15) is 18.4 Å². The summed E-state index contributed by atoms with van der Waals surface area (Å²) in [4.78, 5) is 23.3. The van der Waals surface area contributed by atoms with E-state index in [1.165, 1.54) is 0 Å². The molecule has 1 aromatic carbocycles. The zero-order valence-corrected chi connectivity index (χ0v) is 10.0. The van der Waals surface area contributed by atoms with Crippen LogP contribution in [0.2, 0.25) is 0 Å². The van der Waals surface area contributed by atoms with E-state index in [1.807, 2.05) is 0 Å². The molecule has 1 N–H and O–H groups in total. The molecule has 1 aromatic rings. The quantitative estimate of drug-likeness (QED) is 0.851. The average Bonchev–Trinajstić information content (AvgIpc) is 2.41. The molecule has 0 spiro atoms. The van der Waals surface area contributed by atoms with E-state index in [0.29, 0.717) is 5.56 Å². The van der Waals surface area contributed by atoms with Crippen LogP contribution in [-0.4, -0.2) is 30.4 Å². The van der Waals surface area contributed by atoms with E-state index in [2.05, 4.69) is 10.1 Å². The van der Waals surface area contributed by atoms with Gasteiger partial charge in [-0.3, -0.25) is 4.79 Å². The maximum absolute atomic E-state index is 12.4. The number of carbonyl (C=O) groups is 2. The molecule has 0 radical (unpaired) electrons. The second kappa shape index (κ2) is 5.77. The monoisotopic (exact) mass is 269 g/mol. The van der Waals surface area contributed by atoms with Crippen LogP contribution in [0.3, 0.4) is 0 Å². The van der Waals surface area contributed by atoms with Gasteiger partial charge in [0.15, 0.2) is 6.10 Å². The third kappa shape index (κ3) is 3.27. The number of benzene rings is 1. The number of alkyl halides is 2. The number of carbonyl (C=O) groups excluding carboxylic acids is 2. The van der Waals surface area contributed by atoms with E-state index < -0.39 is 30.4 Å². The fourth-order valence-corrected chi connectivity index (χ4v) is 1.88. The largest absolute Gasteiger partial charge is 0.455 e. The first kappa shape index (κ1) is 13.5. The molecule has 0 aromatic heterocycles. The van der Waals surface area contributed by atoms with Crippen LogP contribution in [0.25, 0.3) is 0 Å². The summed E-state index contributed by atoms with van der Waals surface area (Å²) in [6, 6.07) is 7.50. The summed E-state index contributed by atoms with van der Waals surface area (Å²) in [6.45, 7) is 0. The Kier molecular flexibility index (Phi) is 4.09. The molecule has 0 unspecified atom stereocenters. The lowest BCUT2D eigenvalue weighted by Crippen LogP contribution is -2.48. The predicted molar refractivity (Wildman–Crippen MR) is 62.8 cm³/mol. The van der Waals surface area contributed by atoms with Gasteiger partial charge in [0.05, 0.1) is 0 Å². The van der Waals surface area contributed by atoms with Crippen LogP contribution in [0, 0.1) is 0 Å². The smallest absolute Gasteiger partial charge is 0.329 e. The summed E-state index contributed by atoms with van der Waals surface area (Å²) in [6.07, 6.45) is -3.85. The van der Waals surface area contributed by atoms with E-state index in [-0.39, 0.29) is 12.8 Å². The van der Waals surface area contributed by atoms with Crippen molar-refractivity contribution in [2.45, 2.75) is 31.4 Å². The highest BCUT2D eigenvalue weighted by atomic mass is 19.3. The predicted octanol–water partition coefficient (Wildman–Crippen LogP) is 1.76. The topological polar surface area (TPSA) is 55.4 Å². The van der Waals surface area contributed by atoms with Crippen LogP contribution >= 0.6 is 0 Å². The highest BCUT2D eigenvalue weighted by Gasteiger charge is 2.35. The van der Waals surface area contributed by atoms with Crippen LogP contribution in [0.1, 0.15) is 23.2 Å². The van der Waals surface area contributed by atoms with Gasteiger partial charge in [-0.1, -0.05) is 18.2 Å². The van der Waals surface area contributed by atoms with E-state index >= 15 is 0 Å². The second-order valence-electron chi connectivity index (χ2n) is 4.28. The van der Waals surface area contributed by atoms with Crippen LogP contribution in [0.4, 0.5) is 8.78 Å². The third-order valence-corrected chi connectivity index (χ3v) is 2.91. The molecule has 0 saturated carbocycles. The number of hydrogen-bond donors (Lipinski definition) is 1. The van der Waals surface area contributed by atoms with Crippen LogP contribution in [0.15, 0.2) is 30.3 Å². The molecule has 4 nitrogen and oxygen atoms in total. The van der Waals surface area contributed by atoms with Crippen molar-refractivity contribution in [1.29, 1.82) is 0 Å². The summed E-state index contributed by atoms with van der Waals surface area (Å²) in [7, 11) is 0. The number of amides is 1. The number of halogens is 2. The van der Waals surface area contributed by atoms with Crippen molar-refractivity contribution < 1.29 is 23.1 Å². The van der Waals surface area contributed by atoms with Gasteiger partial charge >= 0.3 is 5.97 Å². The highest BCUT2D eigenvalue weighted by molar-refractivity contribution is 5.96. The minimum Gasteiger partial charge on any atom is -0.455 e. The zero-order valence-electron chi connectivity index (χ0n) is 10.0. The lowest BCUT2D eigenvalue weighted by atomic mass is 10.0. The highest BCUT2D eigenvalue weighted by Crippen LogP contribution is 2.20. The van der Waals surface area contributed by atoms with Crippen LogP contribution in [0.5, 0.6) is 0 Å². The molecule has 1 heterocycles. The first-order valence-electron chi connectivity index (χ1n) is 5.92. The van der Waals surface area contributed by atoms with Crippen molar-refractivity contribution in [1.82, 2.24) is 5.32 Å². The Hall–Kier alpha value is -1.98. The number of cyclic esters (lactones) is 1. The summed E-state index contributed by atoms with van der Waals surface area (Å²) in [5.74, 6) is -1.22. The van der Waals surface area contributed by atoms with E-state index in [0.717, 1.165) is 0 Å². The number of nitrogens with one attached hydrogen (secondary N) is 1. The van der Waals surface area contributed by atoms with Gasteiger partial charge in [-0.25, -0.2) is 13.6 Å². The first-order valence-corrected chi connectivity index (χ1v) is 5.92. The van der Waals surface area contributed by atoms with Crippen molar-refractivity contribution in [2.24, 2.45) is 0 Å². The number of esters is 1. The molecule has 1 fully saturated rings. The van der Waals surface area contributed by atoms with E-state index in [1.54, 1.807) is 30.3 Å². The van der Waals surface area contributed by atoms with Crippen molar-refractivity contribution in [3.8, 4) is 0 Å². The molecule has 1 aliphatic heterocycles. The van der Waals surface area contributed by atoms with Gasteiger partial charge in [0.25, 0.3) is 12.3 Å². The normalized spacial score (nSPS) is 23.0. The Morgan fingerprint density at radius 2 is 1.95 bits per heavy atom. The maximum Gasteiger partial charge on any atom is 0.329 e. The Morgan fingerprint density at radius 3 is 2.53 bits per heavy atom. The first-order chi connectivity index (χ1) is 9.08. The van der Waals surface area contributed by atoms with E-state index in [4.69, 9.17) is 0 Å². The second-order valence-corrected chi connectivity index (χ2v) is 4.28. The molecule has 1 amide bonds. The van der Waals surface area contributed by atoms with Crippen LogP contribution in [-0.2, 0) is 9.53 Å². The maximum atomic E-state index is 12.4. The average molecular weight is 269 g/mol. The summed E-state index contributed by atoms with van der Waals surface area (Å²) >= 11 is 0. The molecule has 0 aliphatic carbocycles. The number of rotatable bonds is 3. The van der Waals surface area contributed by atoms with Gasteiger partial charge in [-0.05, 0) is 25.0 Å². The van der Waals surface area contributed by atoms with Crippen molar-refractivity contribution in [2.75, 3.05) is 0 Å². The fourth-order valence-electron chi connectivity index (χ4n) is 1.88. The standard InChI is InChI=1S/C13H13F2NO3/c14-11(15)10-7-6-9(13(18)19-10)16-12(17)8-4-2-1-3-5-8/h1-5,9-11H,6-7H2,(H,16,17)/t9-,10-/m0/s1. The van der Waals surface area contributed by atoms with Gasteiger partial charge in [0.2, 0.25) is 0 Å². The molecule has 1 aliphatic rings. The Labute approximate surface area is 108 Å². The summed E-state index contributed by atoms with van der Waals surface area (Å²) in [5, 5.41) is 2.49. The van der Waals surface area contributed by atoms with Gasteiger partial charge in [-0.15, -0.1) is 0 Å². The number of hydrogen-bond acceptors (Lipinski definition) is 3. The number of ether oxygens (including phenoxy) is 1. The molecule has 2 rings (SSSR count). The minimum atomic E-state index is -2.69. The lowest BCUT2D eigenvalue weighted by Gasteiger charge is -2.27. The van der Waals surface area contributed by atoms with Gasteiger partial charge in [-0.2, -0.15) is 0 Å². The molecule has 2 atom stereocenters. The van der Waals surface area contributed by atoms with Crippen molar-refractivity contribution in [3.63, 3.8) is 0 Å². The summed E-state index contributed by atoms with van der Waals surface area (Å²) < 4.78 is 29.4. The minimum absolute atomic E-state index is 0.0448. The molecular formula is C13H13F2NO3. The molecule has 102 valence electrons. The Balaban J connectivity index is 1.94. The molecule has 1 saturated heterocycles. The Bertz CT molecular complexity index is 464. The molecule has 19 heavy (non-hydrogen) atoms. The van der Waals surface area contributed by atoms with Crippen LogP contribution < -0.4 is 5.32 Å². The van der Waals surface area contributed by atoms with Crippen molar-refractivity contribution >= 4 is 11.9 Å². The third-order valence-electron chi connectivity index (χ3n) is 2.91. The SMILES string of the molecule is O=C(N[C@H]1CC[C@@H](C(F)F)OC1=O)c1ccccc1. The Morgan fingerprint density at radius 1 is 1.26 bits per heavy atom. The molecular weight excluding hydrogens is 256 g/mol. The lowest BCUT2D eigenvalue weighted by molar-refractivity contribution is -0.166. The van der Waals surface area contributed by atoms with Gasteiger partial charge < -0.3 is 10.1 Å². The molecule has 6 heteroatoms. The van der Waals surface area contributed by atoms with Gasteiger partial charge in [0.1, 0.15) is 6.04 Å². The molecule has 0 bridgehead atoms. The summed E-state index contributed by atoms with van der Waals surface area (Å²) in [5.41, 5.74) is 0.409. The zero-order chi connectivity index (χ0) is 13.8. The van der Waals surface area contributed by atoms with Gasteiger partial charge in [0, 0.05) is 5.56 Å². The fraction of sp³-hybridized carbons (Fsp3) is 0.385. The van der Waals surface area contributed by atoms with Crippen molar-refractivity contribution in [3.05, 3.63) is 35.9 Å².